The number of fused-ring (bicyclic) bond motifs is 9. The molecule has 4 aromatic heterocycles. The second-order valence-electron chi connectivity index (χ2n) is 15.9. The summed E-state index contributed by atoms with van der Waals surface area (Å²) in [5.74, 6) is 1.81. The quantitative estimate of drug-likeness (QED) is 0.168. The van der Waals surface area contributed by atoms with Crippen LogP contribution in [0, 0.1) is 0 Å². The third-order valence-electron chi connectivity index (χ3n) is 12.3. The molecule has 0 aliphatic carbocycles. The highest BCUT2D eigenvalue weighted by molar-refractivity contribution is 7.26. The van der Waals surface area contributed by atoms with E-state index in [1.165, 1.54) is 36.5 Å². The van der Waals surface area contributed by atoms with Gasteiger partial charge in [0.05, 0.1) is 16.7 Å². The van der Waals surface area contributed by atoms with Gasteiger partial charge in [-0.25, -0.2) is 15.0 Å². The Bertz CT molecular complexity index is 3880. The molecular formula is C57H34N4OS. The van der Waals surface area contributed by atoms with E-state index in [-0.39, 0.29) is 0 Å². The highest BCUT2D eigenvalue weighted by Crippen LogP contribution is 2.42. The van der Waals surface area contributed by atoms with E-state index in [0.29, 0.717) is 17.5 Å². The van der Waals surface area contributed by atoms with Crippen molar-refractivity contribution in [3.8, 4) is 62.1 Å². The zero-order valence-corrected chi connectivity index (χ0v) is 34.6. The molecular weight excluding hydrogens is 789 g/mol. The predicted octanol–water partition coefficient (Wildman–Crippen LogP) is 15.6. The summed E-state index contributed by atoms with van der Waals surface area (Å²) in [6.07, 6.45) is 0. The smallest absolute Gasteiger partial charge is 0.166 e. The van der Waals surface area contributed by atoms with Crippen molar-refractivity contribution in [2.45, 2.75) is 0 Å². The number of aromatic nitrogens is 4. The SMILES string of the molecule is c1ccc(-c2nc(-c3cccc(-c4cccc5c4sc4ccccc45)c3)nc(-c3ccc(-c4ccc5c(c4)oc4ccccc45)cc3-n3c4ccccc4c4ccccc43)n2)cc1. The molecule has 0 saturated heterocycles. The molecule has 0 radical (unpaired) electrons. The first-order valence-electron chi connectivity index (χ1n) is 21.1. The van der Waals surface area contributed by atoms with Gasteiger partial charge in [-0.05, 0) is 76.9 Å². The fourth-order valence-corrected chi connectivity index (χ4v) is 10.6. The van der Waals surface area contributed by atoms with Gasteiger partial charge in [0.1, 0.15) is 11.2 Å². The van der Waals surface area contributed by atoms with Gasteiger partial charge in [-0.2, -0.15) is 0 Å². The molecule has 0 fully saturated rings. The molecule has 63 heavy (non-hydrogen) atoms. The first-order chi connectivity index (χ1) is 31.2. The molecule has 0 amide bonds. The number of para-hydroxylation sites is 3. The Morgan fingerprint density at radius 3 is 1.76 bits per heavy atom. The van der Waals surface area contributed by atoms with E-state index in [0.717, 1.165) is 72.0 Å². The van der Waals surface area contributed by atoms with Crippen LogP contribution in [0.2, 0.25) is 0 Å². The second-order valence-corrected chi connectivity index (χ2v) is 17.0. The Morgan fingerprint density at radius 2 is 0.937 bits per heavy atom. The van der Waals surface area contributed by atoms with Crippen molar-refractivity contribution in [3.05, 3.63) is 206 Å². The van der Waals surface area contributed by atoms with Gasteiger partial charge in [0.15, 0.2) is 17.5 Å². The van der Waals surface area contributed by atoms with E-state index in [2.05, 4.69) is 180 Å². The van der Waals surface area contributed by atoms with Crippen LogP contribution in [0.15, 0.2) is 211 Å². The average Bonchev–Trinajstić information content (AvgIpc) is 4.03. The van der Waals surface area contributed by atoms with E-state index in [1.54, 1.807) is 0 Å². The van der Waals surface area contributed by atoms with Crippen molar-refractivity contribution >= 4 is 75.3 Å². The third-order valence-corrected chi connectivity index (χ3v) is 13.5. The number of furan rings is 1. The summed E-state index contributed by atoms with van der Waals surface area (Å²) < 4.78 is 11.3. The van der Waals surface area contributed by atoms with Crippen LogP contribution in [-0.2, 0) is 0 Å². The fourth-order valence-electron chi connectivity index (χ4n) is 9.31. The van der Waals surface area contributed by atoms with Crippen LogP contribution in [-0.4, -0.2) is 19.5 Å². The molecule has 0 saturated carbocycles. The Kier molecular flexibility index (Phi) is 8.01. The maximum Gasteiger partial charge on any atom is 0.166 e. The van der Waals surface area contributed by atoms with Gasteiger partial charge >= 0.3 is 0 Å². The van der Waals surface area contributed by atoms with Gasteiger partial charge in [0, 0.05) is 58.4 Å². The van der Waals surface area contributed by atoms with Gasteiger partial charge in [-0.15, -0.1) is 11.3 Å². The van der Waals surface area contributed by atoms with Gasteiger partial charge in [-0.3, -0.25) is 0 Å². The second kappa shape index (κ2) is 14.2. The lowest BCUT2D eigenvalue weighted by atomic mass is 9.99. The summed E-state index contributed by atoms with van der Waals surface area (Å²) in [6.45, 7) is 0. The lowest BCUT2D eigenvalue weighted by Gasteiger charge is -2.16. The molecule has 0 spiro atoms. The minimum absolute atomic E-state index is 0.590. The first-order valence-corrected chi connectivity index (χ1v) is 21.9. The van der Waals surface area contributed by atoms with Crippen molar-refractivity contribution in [2.24, 2.45) is 0 Å². The average molecular weight is 823 g/mol. The summed E-state index contributed by atoms with van der Waals surface area (Å²) in [5.41, 5.74) is 12.1. The predicted molar refractivity (Wildman–Crippen MR) is 262 cm³/mol. The van der Waals surface area contributed by atoms with Gasteiger partial charge < -0.3 is 8.98 Å². The molecule has 0 atom stereocenters. The normalized spacial score (nSPS) is 11.8. The number of thiophene rings is 1. The summed E-state index contributed by atoms with van der Waals surface area (Å²) in [7, 11) is 0. The highest BCUT2D eigenvalue weighted by Gasteiger charge is 2.21. The maximum atomic E-state index is 6.38. The lowest BCUT2D eigenvalue weighted by Crippen LogP contribution is -2.04. The summed E-state index contributed by atoms with van der Waals surface area (Å²) >= 11 is 1.84. The Balaban J connectivity index is 1.04. The zero-order chi connectivity index (χ0) is 41.4. The fraction of sp³-hybridized carbons (Fsp3) is 0. The van der Waals surface area contributed by atoms with Crippen molar-refractivity contribution in [2.75, 3.05) is 0 Å². The Hall–Kier alpha value is -8.19. The van der Waals surface area contributed by atoms with Gasteiger partial charge in [0.2, 0.25) is 0 Å². The molecule has 6 heteroatoms. The van der Waals surface area contributed by atoms with E-state index >= 15 is 0 Å². The number of benzene rings is 9. The van der Waals surface area contributed by atoms with Gasteiger partial charge in [0.25, 0.3) is 0 Å². The van der Waals surface area contributed by atoms with Crippen molar-refractivity contribution in [1.82, 2.24) is 19.5 Å². The van der Waals surface area contributed by atoms with Crippen LogP contribution in [0.5, 0.6) is 0 Å². The van der Waals surface area contributed by atoms with Crippen LogP contribution in [0.4, 0.5) is 0 Å². The topological polar surface area (TPSA) is 56.7 Å². The van der Waals surface area contributed by atoms with Crippen LogP contribution >= 0.6 is 11.3 Å². The molecule has 0 N–H and O–H groups in total. The van der Waals surface area contributed by atoms with E-state index < -0.39 is 0 Å². The summed E-state index contributed by atoms with van der Waals surface area (Å²) in [6, 6.07) is 72.7. The molecule has 0 aliphatic rings. The van der Waals surface area contributed by atoms with Crippen LogP contribution in [0.25, 0.3) is 126 Å². The van der Waals surface area contributed by atoms with Crippen molar-refractivity contribution < 1.29 is 4.42 Å². The number of nitrogens with zero attached hydrogens (tertiary/aromatic N) is 4. The summed E-state index contributed by atoms with van der Waals surface area (Å²) in [5, 5.41) is 7.13. The van der Waals surface area contributed by atoms with Crippen molar-refractivity contribution in [3.63, 3.8) is 0 Å². The minimum Gasteiger partial charge on any atom is -0.456 e. The first kappa shape index (κ1) is 35.6. The summed E-state index contributed by atoms with van der Waals surface area (Å²) in [4.78, 5) is 15.9. The molecule has 13 aromatic rings. The maximum absolute atomic E-state index is 6.38. The standard InChI is InChI=1S/C57H34N4OS/c1-2-14-35(15-3-1)55-58-56(39-17-12-16-38(32-39)40-22-13-23-46-45-21-7-11-27-53(45)63-54(40)46)60-57(59-55)47-31-29-36(37-28-30-44-43-20-6-10-26-51(43)62-52(44)34-37)33-50(47)61-48-24-8-4-18-41(48)42-19-5-9-25-49(42)61/h1-34H. The van der Waals surface area contributed by atoms with E-state index in [1.807, 2.05) is 41.7 Å². The Morgan fingerprint density at radius 1 is 0.349 bits per heavy atom. The molecule has 4 heterocycles. The van der Waals surface area contributed by atoms with Crippen LogP contribution in [0.3, 0.4) is 0 Å². The zero-order valence-electron chi connectivity index (χ0n) is 33.7. The number of rotatable bonds is 6. The molecule has 9 aromatic carbocycles. The van der Waals surface area contributed by atoms with Crippen molar-refractivity contribution in [1.29, 1.82) is 0 Å². The monoisotopic (exact) mass is 822 g/mol. The minimum atomic E-state index is 0.590. The third kappa shape index (κ3) is 5.80. The molecule has 13 rings (SSSR count). The molecule has 0 bridgehead atoms. The largest absolute Gasteiger partial charge is 0.456 e. The highest BCUT2D eigenvalue weighted by atomic mass is 32.1. The van der Waals surface area contributed by atoms with E-state index in [4.69, 9.17) is 19.4 Å². The van der Waals surface area contributed by atoms with Crippen LogP contribution in [0.1, 0.15) is 0 Å². The number of hydrogen-bond acceptors (Lipinski definition) is 5. The lowest BCUT2D eigenvalue weighted by molar-refractivity contribution is 0.669. The molecule has 294 valence electrons. The van der Waals surface area contributed by atoms with E-state index in [9.17, 15) is 0 Å². The molecule has 0 unspecified atom stereocenters. The molecule has 0 aliphatic heterocycles. The number of hydrogen-bond donors (Lipinski definition) is 0. The molecule has 5 nitrogen and oxygen atoms in total. The Labute approximate surface area is 365 Å². The van der Waals surface area contributed by atoms with Gasteiger partial charge in [-0.1, -0.05) is 152 Å². The van der Waals surface area contributed by atoms with Crippen LogP contribution < -0.4 is 0 Å².